The van der Waals surface area contributed by atoms with Crippen LogP contribution in [0.4, 0.5) is 10.1 Å². The van der Waals surface area contributed by atoms with E-state index < -0.39 is 40.2 Å². The number of hydrogen-bond acceptors (Lipinski definition) is 5. The molecule has 2 amide bonds. The van der Waals surface area contributed by atoms with Gasteiger partial charge in [0.25, 0.3) is 10.0 Å². The Morgan fingerprint density at radius 2 is 1.59 bits per heavy atom. The molecule has 1 atom stereocenters. The Morgan fingerprint density at radius 3 is 2.20 bits per heavy atom. The van der Waals surface area contributed by atoms with Crippen LogP contribution in [0.1, 0.15) is 37.5 Å². The lowest BCUT2D eigenvalue weighted by atomic mass is 10.1. The lowest BCUT2D eigenvalue weighted by molar-refractivity contribution is -0.139. The third-order valence-corrected chi connectivity index (χ3v) is 8.42. The summed E-state index contributed by atoms with van der Waals surface area (Å²) in [6.45, 7) is 8.57. The van der Waals surface area contributed by atoms with E-state index in [1.54, 1.807) is 50.2 Å². The molecule has 0 aliphatic rings. The fraction of sp³-hybridized carbons (Fsp3) is 0.355. The highest BCUT2D eigenvalue weighted by Gasteiger charge is 2.34. The molecular formula is C31H38FN3O5S. The van der Waals surface area contributed by atoms with Gasteiger partial charge < -0.3 is 15.0 Å². The molecule has 0 aliphatic carbocycles. The first-order valence-corrected chi connectivity index (χ1v) is 14.8. The summed E-state index contributed by atoms with van der Waals surface area (Å²) in [5, 5.41) is 2.81. The molecule has 41 heavy (non-hydrogen) atoms. The van der Waals surface area contributed by atoms with Crippen LogP contribution in [-0.2, 0) is 26.2 Å². The Morgan fingerprint density at radius 1 is 0.951 bits per heavy atom. The average Bonchev–Trinajstić information content (AvgIpc) is 2.93. The van der Waals surface area contributed by atoms with E-state index in [2.05, 4.69) is 5.32 Å². The summed E-state index contributed by atoms with van der Waals surface area (Å²) < 4.78 is 49.2. The highest BCUT2D eigenvalue weighted by molar-refractivity contribution is 7.92. The van der Waals surface area contributed by atoms with Gasteiger partial charge in [0.1, 0.15) is 24.2 Å². The molecule has 3 aromatic rings. The van der Waals surface area contributed by atoms with Crippen LogP contribution in [0.5, 0.6) is 5.75 Å². The van der Waals surface area contributed by atoms with Crippen LogP contribution in [0, 0.1) is 25.6 Å². The first-order valence-electron chi connectivity index (χ1n) is 13.4. The van der Waals surface area contributed by atoms with Gasteiger partial charge in [0.05, 0.1) is 17.7 Å². The number of carbonyl (C=O) groups excluding carboxylic acids is 2. The van der Waals surface area contributed by atoms with Crippen molar-refractivity contribution in [1.82, 2.24) is 10.2 Å². The molecule has 0 bridgehead atoms. The molecule has 0 heterocycles. The standard InChI is InChI=1S/C31H38FN3O5S/c1-21(2)18-33-31(37)24(5)34(19-25-9-7-8-10-27(25)32)30(36)20-35(28-17-23(4)13-16-29(28)40-6)41(38,39)26-14-11-22(3)12-15-26/h7-17,21,24H,18-20H2,1-6H3,(H,33,37). The Bertz CT molecular complexity index is 1480. The maximum Gasteiger partial charge on any atom is 0.264 e. The van der Waals surface area contributed by atoms with E-state index in [4.69, 9.17) is 4.74 Å². The highest BCUT2D eigenvalue weighted by atomic mass is 32.2. The molecule has 220 valence electrons. The van der Waals surface area contributed by atoms with E-state index in [0.29, 0.717) is 6.54 Å². The molecule has 0 spiro atoms. The second kappa shape index (κ2) is 13.6. The number of hydrogen-bond donors (Lipinski definition) is 1. The van der Waals surface area contributed by atoms with Gasteiger partial charge in [-0.1, -0.05) is 55.8 Å². The van der Waals surface area contributed by atoms with Crippen molar-refractivity contribution < 1.29 is 27.1 Å². The molecule has 0 saturated carbocycles. The quantitative estimate of drug-likeness (QED) is 0.329. The summed E-state index contributed by atoms with van der Waals surface area (Å²) >= 11 is 0. The van der Waals surface area contributed by atoms with Gasteiger partial charge in [-0.2, -0.15) is 0 Å². The predicted octanol–water partition coefficient (Wildman–Crippen LogP) is 4.84. The summed E-state index contributed by atoms with van der Waals surface area (Å²) in [6.07, 6.45) is 0. The molecule has 0 aliphatic heterocycles. The lowest BCUT2D eigenvalue weighted by Crippen LogP contribution is -2.51. The molecule has 0 fully saturated rings. The second-order valence-corrected chi connectivity index (χ2v) is 12.3. The molecule has 8 nitrogen and oxygen atoms in total. The monoisotopic (exact) mass is 583 g/mol. The van der Waals surface area contributed by atoms with Crippen molar-refractivity contribution >= 4 is 27.5 Å². The van der Waals surface area contributed by atoms with Gasteiger partial charge >= 0.3 is 0 Å². The number of halogens is 1. The van der Waals surface area contributed by atoms with Gasteiger partial charge in [0.2, 0.25) is 11.8 Å². The Balaban J connectivity index is 2.09. The summed E-state index contributed by atoms with van der Waals surface area (Å²) in [5.74, 6) is -1.22. The van der Waals surface area contributed by atoms with Gasteiger partial charge in [-0.25, -0.2) is 12.8 Å². The molecule has 1 N–H and O–H groups in total. The van der Waals surface area contributed by atoms with Crippen molar-refractivity contribution in [2.45, 2.75) is 52.1 Å². The number of nitrogens with zero attached hydrogens (tertiary/aromatic N) is 2. The van der Waals surface area contributed by atoms with Crippen LogP contribution in [0.2, 0.25) is 0 Å². The van der Waals surface area contributed by atoms with E-state index in [1.165, 1.54) is 42.3 Å². The minimum absolute atomic E-state index is 0.0113. The zero-order valence-corrected chi connectivity index (χ0v) is 25.2. The zero-order valence-electron chi connectivity index (χ0n) is 24.3. The van der Waals surface area contributed by atoms with Crippen LogP contribution in [0.15, 0.2) is 71.6 Å². The Hall–Kier alpha value is -3.92. The molecular weight excluding hydrogens is 545 g/mol. The summed E-state index contributed by atoms with van der Waals surface area (Å²) in [5.41, 5.74) is 1.99. The minimum atomic E-state index is -4.27. The first-order chi connectivity index (χ1) is 19.3. The third kappa shape index (κ3) is 7.85. The van der Waals surface area contributed by atoms with Crippen molar-refractivity contribution in [1.29, 1.82) is 0 Å². The van der Waals surface area contributed by atoms with E-state index in [0.717, 1.165) is 15.4 Å². The maximum absolute atomic E-state index is 14.7. The number of aryl methyl sites for hydroxylation is 2. The van der Waals surface area contributed by atoms with Gasteiger partial charge in [0.15, 0.2) is 0 Å². The highest BCUT2D eigenvalue weighted by Crippen LogP contribution is 2.34. The number of methoxy groups -OCH3 is 1. The van der Waals surface area contributed by atoms with E-state index in [9.17, 15) is 22.4 Å². The summed E-state index contributed by atoms with van der Waals surface area (Å²) in [7, 11) is -2.85. The van der Waals surface area contributed by atoms with Gasteiger partial charge in [-0.05, 0) is 62.6 Å². The summed E-state index contributed by atoms with van der Waals surface area (Å²) in [4.78, 5) is 28.3. The van der Waals surface area contributed by atoms with Crippen molar-refractivity contribution in [3.05, 3.63) is 89.2 Å². The van der Waals surface area contributed by atoms with E-state index in [-0.39, 0.29) is 34.4 Å². The predicted molar refractivity (Wildman–Crippen MR) is 158 cm³/mol. The van der Waals surface area contributed by atoms with Crippen molar-refractivity contribution in [3.8, 4) is 5.75 Å². The van der Waals surface area contributed by atoms with Crippen LogP contribution >= 0.6 is 0 Å². The fourth-order valence-electron chi connectivity index (χ4n) is 4.19. The van der Waals surface area contributed by atoms with Crippen LogP contribution < -0.4 is 14.4 Å². The smallest absolute Gasteiger partial charge is 0.264 e. The molecule has 10 heteroatoms. The number of anilines is 1. The number of ether oxygens (including phenoxy) is 1. The fourth-order valence-corrected chi connectivity index (χ4v) is 5.61. The molecule has 3 aromatic carbocycles. The topological polar surface area (TPSA) is 96.0 Å². The number of benzene rings is 3. The molecule has 0 radical (unpaired) electrons. The molecule has 1 unspecified atom stereocenters. The number of nitrogens with one attached hydrogen (secondary N) is 1. The number of rotatable bonds is 12. The Labute approximate surface area is 242 Å². The van der Waals surface area contributed by atoms with Crippen LogP contribution in [0.3, 0.4) is 0 Å². The summed E-state index contributed by atoms with van der Waals surface area (Å²) in [6, 6.07) is 16.3. The largest absolute Gasteiger partial charge is 0.495 e. The second-order valence-electron chi connectivity index (χ2n) is 10.4. The Kier molecular flexibility index (Phi) is 10.5. The number of carbonyl (C=O) groups is 2. The lowest BCUT2D eigenvalue weighted by Gasteiger charge is -2.32. The molecule has 3 rings (SSSR count). The maximum atomic E-state index is 14.7. The van der Waals surface area contributed by atoms with Crippen molar-refractivity contribution in [2.75, 3.05) is 24.5 Å². The average molecular weight is 584 g/mol. The van der Waals surface area contributed by atoms with Crippen molar-refractivity contribution in [2.24, 2.45) is 5.92 Å². The van der Waals surface area contributed by atoms with E-state index >= 15 is 0 Å². The van der Waals surface area contributed by atoms with Crippen LogP contribution in [-0.4, -0.2) is 51.4 Å². The van der Waals surface area contributed by atoms with Crippen LogP contribution in [0.25, 0.3) is 0 Å². The normalized spacial score (nSPS) is 12.1. The van der Waals surface area contributed by atoms with E-state index in [1.807, 2.05) is 20.8 Å². The van der Waals surface area contributed by atoms with Crippen molar-refractivity contribution in [3.63, 3.8) is 0 Å². The number of sulfonamides is 1. The van der Waals surface area contributed by atoms with Gasteiger partial charge in [-0.3, -0.25) is 13.9 Å². The first kappa shape index (κ1) is 31.6. The number of amides is 2. The molecule has 0 saturated heterocycles. The zero-order chi connectivity index (χ0) is 30.3. The van der Waals surface area contributed by atoms with Gasteiger partial charge in [0, 0.05) is 18.7 Å². The molecule has 0 aromatic heterocycles. The van der Waals surface area contributed by atoms with Gasteiger partial charge in [-0.15, -0.1) is 0 Å². The third-order valence-electron chi connectivity index (χ3n) is 6.64. The minimum Gasteiger partial charge on any atom is -0.495 e. The SMILES string of the molecule is COc1ccc(C)cc1N(CC(=O)N(Cc1ccccc1F)C(C)C(=O)NCC(C)C)S(=O)(=O)c1ccc(C)cc1.